The molecule has 19 nitrogen and oxygen atoms in total. The van der Waals surface area contributed by atoms with Crippen LogP contribution in [-0.2, 0) is 33.2 Å². The Labute approximate surface area is 392 Å². The second-order valence-corrected chi connectivity index (χ2v) is 23.6. The molecule has 4 saturated carbocycles. The predicted octanol–water partition coefficient (Wildman–Crippen LogP) is -0.323. The van der Waals surface area contributed by atoms with Gasteiger partial charge in [0.15, 0.2) is 25.0 Å². The van der Waals surface area contributed by atoms with E-state index in [0.29, 0.717) is 12.8 Å². The van der Waals surface area contributed by atoms with Crippen molar-refractivity contribution in [3.05, 3.63) is 11.6 Å². The third-order valence-corrected chi connectivity index (χ3v) is 19.5. The number of rotatable bonds is 10. The minimum Gasteiger partial charge on any atom is -0.479 e. The van der Waals surface area contributed by atoms with E-state index in [9.17, 15) is 66.1 Å². The van der Waals surface area contributed by atoms with Gasteiger partial charge in [0.1, 0.15) is 67.1 Å². The van der Waals surface area contributed by atoms with Crippen LogP contribution < -0.4 is 0 Å². The van der Waals surface area contributed by atoms with Crippen molar-refractivity contribution in [1.82, 2.24) is 0 Å². The van der Waals surface area contributed by atoms with Gasteiger partial charge < -0.3 is 89.7 Å². The number of allylic oxidation sites excluding steroid dienone is 2. The number of carboxylic acids is 1. The highest BCUT2D eigenvalue weighted by Crippen LogP contribution is 2.76. The molecular weight excluding hydrogens is 881 g/mol. The van der Waals surface area contributed by atoms with Gasteiger partial charge in [-0.15, -0.1) is 0 Å². The molecule has 0 radical (unpaired) electrons. The molecule has 7 fully saturated rings. The molecule has 3 saturated heterocycles. The topological polar surface area (TPSA) is 315 Å². The van der Waals surface area contributed by atoms with Crippen LogP contribution in [-0.4, -0.2) is 191 Å². The van der Waals surface area contributed by atoms with Crippen LogP contribution in [0.5, 0.6) is 0 Å². The molecule has 0 amide bonds. The van der Waals surface area contributed by atoms with E-state index in [1.54, 1.807) is 0 Å². The van der Waals surface area contributed by atoms with Crippen molar-refractivity contribution in [2.75, 3.05) is 19.8 Å². The lowest BCUT2D eigenvalue weighted by atomic mass is 9.33. The van der Waals surface area contributed by atoms with Crippen molar-refractivity contribution < 1.29 is 94.5 Å². The molecule has 0 spiro atoms. The third-order valence-electron chi connectivity index (χ3n) is 19.5. The van der Waals surface area contributed by atoms with Crippen molar-refractivity contribution in [3.63, 3.8) is 0 Å². The number of carbonyl (C=O) groups is 1. The molecule has 0 aromatic heterocycles. The zero-order valence-electron chi connectivity index (χ0n) is 39.8. The first-order chi connectivity index (χ1) is 31.3. The Morgan fingerprint density at radius 3 is 1.82 bits per heavy atom. The van der Waals surface area contributed by atoms with Crippen LogP contribution in [0.25, 0.3) is 0 Å². The van der Waals surface area contributed by atoms with Gasteiger partial charge in [0.2, 0.25) is 0 Å². The van der Waals surface area contributed by atoms with Crippen molar-refractivity contribution in [2.45, 2.75) is 211 Å². The van der Waals surface area contributed by atoms with Crippen molar-refractivity contribution in [2.24, 2.45) is 50.2 Å². The fourth-order valence-corrected chi connectivity index (χ4v) is 15.2. The van der Waals surface area contributed by atoms with Crippen molar-refractivity contribution >= 4 is 5.97 Å². The Kier molecular flexibility index (Phi) is 14.1. The minimum absolute atomic E-state index is 0.00861. The molecule has 3 heterocycles. The quantitative estimate of drug-likeness (QED) is 0.0986. The highest BCUT2D eigenvalue weighted by molar-refractivity contribution is 5.73. The van der Waals surface area contributed by atoms with Crippen LogP contribution in [0.3, 0.4) is 0 Å². The lowest BCUT2D eigenvalue weighted by Gasteiger charge is -2.72. The summed E-state index contributed by atoms with van der Waals surface area (Å²) in [7, 11) is 0. The lowest BCUT2D eigenvalue weighted by molar-refractivity contribution is -0.397. The fraction of sp³-hybridized carbons (Fsp3) is 0.938. The first-order valence-corrected chi connectivity index (χ1v) is 24.4. The van der Waals surface area contributed by atoms with Crippen molar-refractivity contribution in [1.29, 1.82) is 0 Å². The lowest BCUT2D eigenvalue weighted by Crippen LogP contribution is -2.68. The summed E-state index contributed by atoms with van der Waals surface area (Å²) < 4.78 is 36.0. The average Bonchev–Trinajstić information content (AvgIpc) is 3.27. The molecule has 3 aliphatic heterocycles. The normalized spacial score (nSPS) is 55.3. The molecule has 0 unspecified atom stereocenters. The van der Waals surface area contributed by atoms with E-state index in [0.717, 1.165) is 44.9 Å². The van der Waals surface area contributed by atoms with Crippen LogP contribution in [0, 0.1) is 50.2 Å². The number of aliphatic hydroxyl groups is 11. The summed E-state index contributed by atoms with van der Waals surface area (Å²) in [6, 6.07) is 0. The molecule has 8 rings (SSSR count). The summed E-state index contributed by atoms with van der Waals surface area (Å²) in [5, 5.41) is 130. The molecule has 0 aromatic rings. The van der Waals surface area contributed by atoms with E-state index in [2.05, 4.69) is 47.6 Å². The molecule has 0 bridgehead atoms. The SMILES string of the molecule is CC1(C)C[C@@H]2C3=CC[C@H]4[C@]5(C)CC[C@@H](O[C@H]6O[C@@H](C(=O)O)[C@H](O)[C@@H](O)[C@@H]6O[C@H]6O[C@@H](CO)[C@@H](O)[C@@H](O)[C@@H]6O[C@H]6O[C@@H](CO)[C@H](O)[C@@H](O)[C@@H]6O)[C@@](C)(CO)[C@H]5CC[C@]4(C)[C@@]3(C)CC[C@]2(C)[C@@H](O)C1. The highest BCUT2D eigenvalue weighted by Gasteiger charge is 2.70. The van der Waals surface area contributed by atoms with Gasteiger partial charge in [-0.1, -0.05) is 60.1 Å². The van der Waals surface area contributed by atoms with Crippen LogP contribution in [0.1, 0.15) is 106 Å². The van der Waals surface area contributed by atoms with E-state index in [1.165, 1.54) is 5.57 Å². The van der Waals surface area contributed by atoms with E-state index < -0.39 is 123 Å². The van der Waals surface area contributed by atoms with Gasteiger partial charge in [-0.2, -0.15) is 0 Å². The molecule has 5 aliphatic carbocycles. The smallest absolute Gasteiger partial charge is 0.335 e. The molecule has 0 aromatic carbocycles. The van der Waals surface area contributed by atoms with Gasteiger partial charge in [0, 0.05) is 10.8 Å². The molecule has 25 atom stereocenters. The Bertz CT molecular complexity index is 1830. The average molecular weight is 959 g/mol. The first kappa shape index (κ1) is 51.9. The standard InChI is InChI=1S/C48H78O19/c1-43(2)16-22-21-8-9-26-45(4)12-11-28(46(5,20-51)25(45)10-13-48(26,7)47(21,6)15-14-44(22,3)27(52)17-43)64-42-38(34(58)33(57)36(65-42)39(60)61)67-41-37(32(56)30(54)24(19-50)63-41)66-40-35(59)31(55)29(53)23(18-49)62-40/h8,22-38,40-42,49-59H,9-20H2,1-7H3,(H,60,61)/t22-,23+,24+,25+,26+,27+,28-,29+,30-,31-,32-,33-,34-,35+,36-,37+,38+,40-,41-,42+,44+,45-,46+,47+,48+/m1/s1. The summed E-state index contributed by atoms with van der Waals surface area (Å²) in [6.45, 7) is 14.0. The Balaban J connectivity index is 1.08. The number of carboxylic acid groups (broad SMARTS) is 1. The maximum absolute atomic E-state index is 12.5. The maximum atomic E-state index is 12.5. The maximum Gasteiger partial charge on any atom is 0.335 e. The third kappa shape index (κ3) is 8.10. The van der Waals surface area contributed by atoms with Crippen LogP contribution in [0.4, 0.5) is 0 Å². The zero-order valence-corrected chi connectivity index (χ0v) is 39.8. The van der Waals surface area contributed by atoms with E-state index in [-0.39, 0.29) is 57.5 Å². The van der Waals surface area contributed by atoms with Gasteiger partial charge in [-0.25, -0.2) is 4.79 Å². The summed E-state index contributed by atoms with van der Waals surface area (Å²) >= 11 is 0. The number of hydrogen-bond acceptors (Lipinski definition) is 18. The number of hydrogen-bond donors (Lipinski definition) is 12. The van der Waals surface area contributed by atoms with Gasteiger partial charge in [-0.05, 0) is 97.2 Å². The number of ether oxygens (including phenoxy) is 6. The fourth-order valence-electron chi connectivity index (χ4n) is 15.2. The number of fused-ring (bicyclic) bond motifs is 7. The van der Waals surface area contributed by atoms with Gasteiger partial charge >= 0.3 is 5.97 Å². The number of aliphatic carboxylic acids is 1. The highest BCUT2D eigenvalue weighted by atomic mass is 16.8. The van der Waals surface area contributed by atoms with E-state index >= 15 is 0 Å². The van der Waals surface area contributed by atoms with Gasteiger partial charge in [0.25, 0.3) is 0 Å². The summed E-state index contributed by atoms with van der Waals surface area (Å²) in [5.74, 6) is -1.22. The zero-order chi connectivity index (χ0) is 49.1. The van der Waals surface area contributed by atoms with E-state index in [1.807, 2.05) is 6.92 Å². The predicted molar refractivity (Wildman–Crippen MR) is 232 cm³/mol. The summed E-state index contributed by atoms with van der Waals surface area (Å²) in [6.07, 6.45) is -19.2. The second-order valence-electron chi connectivity index (χ2n) is 23.6. The monoisotopic (exact) mass is 959 g/mol. The van der Waals surface area contributed by atoms with Gasteiger partial charge in [-0.3, -0.25) is 0 Å². The molecule has 8 aliphatic rings. The minimum atomic E-state index is -2.10. The van der Waals surface area contributed by atoms with Crippen LogP contribution >= 0.6 is 0 Å². The molecule has 67 heavy (non-hydrogen) atoms. The Hall–Kier alpha value is -1.47. The molecule has 384 valence electrons. The molecular formula is C48H78O19. The summed E-state index contributed by atoms with van der Waals surface area (Å²) in [4.78, 5) is 12.5. The largest absolute Gasteiger partial charge is 0.479 e. The van der Waals surface area contributed by atoms with Crippen molar-refractivity contribution in [3.8, 4) is 0 Å². The second kappa shape index (κ2) is 18.2. The van der Waals surface area contributed by atoms with Gasteiger partial charge in [0.05, 0.1) is 32.0 Å². The van der Waals surface area contributed by atoms with E-state index in [4.69, 9.17) is 28.4 Å². The Morgan fingerprint density at radius 1 is 0.627 bits per heavy atom. The summed E-state index contributed by atoms with van der Waals surface area (Å²) in [5.41, 5.74) is -0.143. The number of aliphatic hydroxyl groups excluding tert-OH is 11. The van der Waals surface area contributed by atoms with Crippen LogP contribution in [0.15, 0.2) is 11.6 Å². The molecule has 12 N–H and O–H groups in total. The van der Waals surface area contributed by atoms with Crippen LogP contribution in [0.2, 0.25) is 0 Å². The molecule has 19 heteroatoms. The first-order valence-electron chi connectivity index (χ1n) is 24.4. The Morgan fingerprint density at radius 2 is 1.21 bits per heavy atom.